The van der Waals surface area contributed by atoms with Gasteiger partial charge in [0.2, 0.25) is 0 Å². The van der Waals surface area contributed by atoms with E-state index in [1.165, 1.54) is 19.3 Å². The maximum Gasteiger partial charge on any atom is 0.180 e. The number of nitrogens with one attached hydrogen (secondary N) is 2. The van der Waals surface area contributed by atoms with Gasteiger partial charge in [-0.3, -0.25) is 0 Å². The van der Waals surface area contributed by atoms with E-state index >= 15 is 0 Å². The average molecular weight is 173 g/mol. The van der Waals surface area contributed by atoms with Crippen LogP contribution in [0.3, 0.4) is 0 Å². The summed E-state index contributed by atoms with van der Waals surface area (Å²) in [5, 5.41) is 3.67. The standard InChI is InChI=1S/C7H15N3S/c1-5(6-3-2-4-6)9-7(11)10-8/h5-6H,2-4,8H2,1H3,(H2,9,10,11). The van der Waals surface area contributed by atoms with Crippen molar-refractivity contribution in [3.63, 3.8) is 0 Å². The molecule has 1 aliphatic carbocycles. The molecule has 11 heavy (non-hydrogen) atoms. The molecule has 1 aliphatic rings. The van der Waals surface area contributed by atoms with Gasteiger partial charge in [-0.25, -0.2) is 5.84 Å². The van der Waals surface area contributed by atoms with Crippen molar-refractivity contribution in [3.05, 3.63) is 0 Å². The molecule has 3 nitrogen and oxygen atoms in total. The van der Waals surface area contributed by atoms with Crippen LogP contribution in [0, 0.1) is 5.92 Å². The third kappa shape index (κ3) is 2.31. The molecule has 0 spiro atoms. The van der Waals surface area contributed by atoms with Crippen LogP contribution >= 0.6 is 12.2 Å². The molecule has 0 bridgehead atoms. The lowest BCUT2D eigenvalue weighted by Crippen LogP contribution is -2.47. The summed E-state index contributed by atoms with van der Waals surface area (Å²) in [6, 6.07) is 0.465. The lowest BCUT2D eigenvalue weighted by molar-refractivity contribution is 0.258. The number of rotatable bonds is 2. The Balaban J connectivity index is 2.19. The number of hydrazine groups is 1. The number of nitrogens with two attached hydrogens (primary N) is 1. The van der Waals surface area contributed by atoms with E-state index in [1.54, 1.807) is 0 Å². The van der Waals surface area contributed by atoms with E-state index in [0.717, 1.165) is 5.92 Å². The Morgan fingerprint density at radius 2 is 2.27 bits per heavy atom. The van der Waals surface area contributed by atoms with Gasteiger partial charge in [-0.15, -0.1) is 0 Å². The van der Waals surface area contributed by atoms with Crippen LogP contribution in [-0.2, 0) is 0 Å². The van der Waals surface area contributed by atoms with Crippen molar-refractivity contribution in [1.82, 2.24) is 10.7 Å². The summed E-state index contributed by atoms with van der Waals surface area (Å²) in [4.78, 5) is 0. The van der Waals surface area contributed by atoms with E-state index in [0.29, 0.717) is 11.2 Å². The van der Waals surface area contributed by atoms with Gasteiger partial charge in [0.1, 0.15) is 0 Å². The van der Waals surface area contributed by atoms with Gasteiger partial charge in [0.25, 0.3) is 0 Å². The SMILES string of the molecule is CC(NC(=S)NN)C1CCC1. The van der Waals surface area contributed by atoms with E-state index in [-0.39, 0.29) is 0 Å². The smallest absolute Gasteiger partial charge is 0.180 e. The zero-order chi connectivity index (χ0) is 8.27. The first kappa shape index (κ1) is 8.74. The van der Waals surface area contributed by atoms with Gasteiger partial charge < -0.3 is 10.7 Å². The van der Waals surface area contributed by atoms with Crippen molar-refractivity contribution < 1.29 is 0 Å². The predicted octanol–water partition coefficient (Wildman–Crippen LogP) is 0.513. The van der Waals surface area contributed by atoms with Crippen LogP contribution in [0.4, 0.5) is 0 Å². The van der Waals surface area contributed by atoms with Gasteiger partial charge >= 0.3 is 0 Å². The van der Waals surface area contributed by atoms with E-state index < -0.39 is 0 Å². The molecule has 0 heterocycles. The predicted molar refractivity (Wildman–Crippen MR) is 49.9 cm³/mol. The van der Waals surface area contributed by atoms with Crippen molar-refractivity contribution in [2.75, 3.05) is 0 Å². The molecule has 0 amide bonds. The van der Waals surface area contributed by atoms with E-state index in [2.05, 4.69) is 17.7 Å². The average Bonchev–Trinajstić information content (AvgIpc) is 1.83. The van der Waals surface area contributed by atoms with Crippen molar-refractivity contribution in [1.29, 1.82) is 0 Å². The summed E-state index contributed by atoms with van der Waals surface area (Å²) in [7, 11) is 0. The fraction of sp³-hybridized carbons (Fsp3) is 0.857. The molecule has 0 aromatic carbocycles. The van der Waals surface area contributed by atoms with Crippen molar-refractivity contribution in [3.8, 4) is 0 Å². The molecule has 0 radical (unpaired) electrons. The van der Waals surface area contributed by atoms with Gasteiger partial charge in [-0.2, -0.15) is 0 Å². The Hall–Kier alpha value is -0.350. The van der Waals surface area contributed by atoms with E-state index in [9.17, 15) is 0 Å². The number of thiocarbonyl (C=S) groups is 1. The molecule has 0 aliphatic heterocycles. The second-order valence-corrected chi connectivity index (χ2v) is 3.51. The summed E-state index contributed by atoms with van der Waals surface area (Å²) >= 11 is 4.88. The first-order chi connectivity index (χ1) is 5.24. The molecule has 4 N–H and O–H groups in total. The first-order valence-electron chi connectivity index (χ1n) is 4.01. The van der Waals surface area contributed by atoms with Crippen molar-refractivity contribution in [2.24, 2.45) is 11.8 Å². The quantitative estimate of drug-likeness (QED) is 0.323. The van der Waals surface area contributed by atoms with Gasteiger partial charge in [-0.05, 0) is 37.9 Å². The van der Waals surface area contributed by atoms with E-state index in [4.69, 9.17) is 18.1 Å². The molecule has 1 unspecified atom stereocenters. The van der Waals surface area contributed by atoms with Gasteiger partial charge in [0.15, 0.2) is 5.11 Å². The Bertz CT molecular complexity index is 145. The highest BCUT2D eigenvalue weighted by molar-refractivity contribution is 7.80. The van der Waals surface area contributed by atoms with Crippen LogP contribution in [0.5, 0.6) is 0 Å². The summed E-state index contributed by atoms with van der Waals surface area (Å²) in [5.74, 6) is 5.92. The largest absolute Gasteiger partial charge is 0.359 e. The molecule has 4 heteroatoms. The molecule has 1 rings (SSSR count). The third-order valence-corrected chi connectivity index (χ3v) is 2.58. The Morgan fingerprint density at radius 3 is 2.64 bits per heavy atom. The van der Waals surface area contributed by atoms with E-state index in [1.807, 2.05) is 0 Å². The first-order valence-corrected chi connectivity index (χ1v) is 4.42. The minimum Gasteiger partial charge on any atom is -0.359 e. The van der Waals surface area contributed by atoms with Crippen molar-refractivity contribution >= 4 is 17.3 Å². The van der Waals surface area contributed by atoms with Crippen LogP contribution in [0.1, 0.15) is 26.2 Å². The Morgan fingerprint density at radius 1 is 1.64 bits per heavy atom. The van der Waals surface area contributed by atoms with Crippen LogP contribution in [0.2, 0.25) is 0 Å². The minimum absolute atomic E-state index is 0.465. The van der Waals surface area contributed by atoms with Crippen LogP contribution < -0.4 is 16.6 Å². The van der Waals surface area contributed by atoms with Crippen LogP contribution in [-0.4, -0.2) is 11.2 Å². The molecular formula is C7H15N3S. The molecule has 0 saturated heterocycles. The Kier molecular flexibility index (Phi) is 3.08. The second kappa shape index (κ2) is 3.88. The second-order valence-electron chi connectivity index (χ2n) is 3.10. The molecule has 0 aromatic rings. The fourth-order valence-electron chi connectivity index (χ4n) is 1.31. The van der Waals surface area contributed by atoms with Gasteiger partial charge in [0.05, 0.1) is 0 Å². The molecule has 1 saturated carbocycles. The fourth-order valence-corrected chi connectivity index (χ4v) is 1.49. The van der Waals surface area contributed by atoms with Crippen LogP contribution in [0.25, 0.3) is 0 Å². The lowest BCUT2D eigenvalue weighted by Gasteiger charge is -2.32. The van der Waals surface area contributed by atoms with Gasteiger partial charge in [0, 0.05) is 6.04 Å². The monoisotopic (exact) mass is 173 g/mol. The molecule has 0 aromatic heterocycles. The molecule has 1 atom stereocenters. The summed E-state index contributed by atoms with van der Waals surface area (Å²) in [5.41, 5.74) is 2.42. The number of hydrogen-bond donors (Lipinski definition) is 3. The minimum atomic E-state index is 0.465. The highest BCUT2D eigenvalue weighted by Crippen LogP contribution is 2.29. The molecule has 64 valence electrons. The maximum atomic E-state index is 5.13. The molecule has 1 fully saturated rings. The maximum absolute atomic E-state index is 5.13. The van der Waals surface area contributed by atoms with Gasteiger partial charge in [-0.1, -0.05) is 6.42 Å². The highest BCUT2D eigenvalue weighted by atomic mass is 32.1. The highest BCUT2D eigenvalue weighted by Gasteiger charge is 2.23. The Labute approximate surface area is 72.7 Å². The van der Waals surface area contributed by atoms with Crippen molar-refractivity contribution in [2.45, 2.75) is 32.2 Å². The zero-order valence-electron chi connectivity index (χ0n) is 6.76. The lowest BCUT2D eigenvalue weighted by atomic mass is 9.80. The summed E-state index contributed by atoms with van der Waals surface area (Å²) in [6.07, 6.45) is 4.00. The summed E-state index contributed by atoms with van der Waals surface area (Å²) in [6.45, 7) is 2.15. The normalized spacial score (nSPS) is 20.2. The zero-order valence-corrected chi connectivity index (χ0v) is 7.58. The number of hydrogen-bond acceptors (Lipinski definition) is 2. The topological polar surface area (TPSA) is 50.1 Å². The molecular weight excluding hydrogens is 158 g/mol. The van der Waals surface area contributed by atoms with Crippen LogP contribution in [0.15, 0.2) is 0 Å². The third-order valence-electron chi connectivity index (χ3n) is 2.35. The summed E-state index contributed by atoms with van der Waals surface area (Å²) < 4.78 is 0.